The van der Waals surface area contributed by atoms with Gasteiger partial charge >= 0.3 is 0 Å². The second-order valence-corrected chi connectivity index (χ2v) is 15.6. The largest absolute Gasteiger partial charge is 0.330 e. The van der Waals surface area contributed by atoms with Gasteiger partial charge in [-0.05, 0) is 97.7 Å². The van der Waals surface area contributed by atoms with Crippen LogP contribution in [0.3, 0.4) is 0 Å². The molecule has 8 atom stereocenters. The van der Waals surface area contributed by atoms with E-state index in [1.165, 1.54) is 70.6 Å². The van der Waals surface area contributed by atoms with Gasteiger partial charge in [0.1, 0.15) is 0 Å². The highest BCUT2D eigenvalue weighted by atomic mass is 33.1. The molecule has 4 aliphatic rings. The van der Waals surface area contributed by atoms with Crippen LogP contribution in [0, 0.1) is 46.3 Å². The van der Waals surface area contributed by atoms with Crippen LogP contribution < -0.4 is 5.73 Å². The van der Waals surface area contributed by atoms with Crippen LogP contribution in [-0.2, 0) is 0 Å². The number of rotatable bonds is 9. The first-order chi connectivity index (χ1) is 15.3. The zero-order valence-electron chi connectivity index (χ0n) is 21.7. The van der Waals surface area contributed by atoms with E-state index in [9.17, 15) is 0 Å². The summed E-state index contributed by atoms with van der Waals surface area (Å²) < 4.78 is 0. The Morgan fingerprint density at radius 3 is 2.59 bits per heavy atom. The van der Waals surface area contributed by atoms with Crippen molar-refractivity contribution in [1.82, 2.24) is 0 Å². The molecule has 3 heteroatoms. The molecule has 3 fully saturated rings. The van der Waals surface area contributed by atoms with E-state index in [-0.39, 0.29) is 0 Å². The summed E-state index contributed by atoms with van der Waals surface area (Å²) in [6.45, 7) is 13.6. The van der Waals surface area contributed by atoms with Crippen molar-refractivity contribution >= 4 is 21.6 Å². The molecule has 2 N–H and O–H groups in total. The fraction of sp³-hybridized carbons (Fsp3) is 0.931. The van der Waals surface area contributed by atoms with Crippen molar-refractivity contribution in [1.29, 1.82) is 0 Å². The maximum Gasteiger partial charge on any atom is 0.0189 e. The van der Waals surface area contributed by atoms with Crippen molar-refractivity contribution in [3.63, 3.8) is 0 Å². The lowest BCUT2D eigenvalue weighted by molar-refractivity contribution is -0.0497. The van der Waals surface area contributed by atoms with E-state index in [1.807, 2.05) is 16.4 Å². The van der Waals surface area contributed by atoms with Gasteiger partial charge in [-0.15, -0.1) is 0 Å². The van der Waals surface area contributed by atoms with Crippen molar-refractivity contribution in [3.8, 4) is 0 Å². The molecule has 0 spiro atoms. The van der Waals surface area contributed by atoms with Crippen LogP contribution in [0.25, 0.3) is 0 Å². The highest BCUT2D eigenvalue weighted by molar-refractivity contribution is 8.76. The van der Waals surface area contributed by atoms with Crippen LogP contribution in [0.2, 0.25) is 0 Å². The Balaban J connectivity index is 1.42. The Morgan fingerprint density at radius 1 is 1.03 bits per heavy atom. The molecule has 0 aliphatic heterocycles. The minimum Gasteiger partial charge on any atom is -0.330 e. The maximum absolute atomic E-state index is 5.72. The van der Waals surface area contributed by atoms with Gasteiger partial charge in [-0.3, -0.25) is 0 Å². The minimum atomic E-state index is 0.501. The van der Waals surface area contributed by atoms with Gasteiger partial charge in [0.2, 0.25) is 0 Å². The van der Waals surface area contributed by atoms with E-state index >= 15 is 0 Å². The summed E-state index contributed by atoms with van der Waals surface area (Å²) in [5, 5.41) is 0.818. The van der Waals surface area contributed by atoms with E-state index in [4.69, 9.17) is 5.73 Å². The summed E-state index contributed by atoms with van der Waals surface area (Å²) in [6, 6.07) is 0. The third kappa shape index (κ3) is 4.88. The highest BCUT2D eigenvalue weighted by Crippen LogP contribution is 2.67. The van der Waals surface area contributed by atoms with Crippen LogP contribution >= 0.6 is 21.6 Å². The second-order valence-electron chi connectivity index (χ2n) is 12.9. The van der Waals surface area contributed by atoms with Gasteiger partial charge in [0.15, 0.2) is 0 Å². The monoisotopic (exact) mass is 477 g/mol. The van der Waals surface area contributed by atoms with E-state index in [2.05, 4.69) is 51.5 Å². The van der Waals surface area contributed by atoms with Crippen LogP contribution in [0.1, 0.15) is 105 Å². The van der Waals surface area contributed by atoms with Crippen molar-refractivity contribution in [2.75, 3.05) is 12.3 Å². The molecule has 0 aromatic rings. The Bertz CT molecular complexity index is 660. The number of fused-ring (bicyclic) bond motifs is 5. The molecule has 0 amide bonds. The van der Waals surface area contributed by atoms with Gasteiger partial charge in [-0.25, -0.2) is 0 Å². The molecule has 0 saturated heterocycles. The van der Waals surface area contributed by atoms with E-state index in [0.29, 0.717) is 10.8 Å². The molecule has 4 rings (SSSR count). The molecule has 1 nitrogen and oxygen atoms in total. The normalized spacial score (nSPS) is 42.2. The van der Waals surface area contributed by atoms with Crippen LogP contribution in [0.15, 0.2) is 11.6 Å². The van der Waals surface area contributed by atoms with Gasteiger partial charge in [0, 0.05) is 17.5 Å². The first kappa shape index (κ1) is 25.5. The average Bonchev–Trinajstić information content (AvgIpc) is 3.11. The molecule has 3 saturated carbocycles. The molecule has 0 bridgehead atoms. The standard InChI is InChI=1S/C29H51NS2/c1-20(2)7-6-8-21(3)25-11-12-26-24-10-9-22-19-23(32-31-18-17-30)13-15-28(22,4)27(24)14-16-29(25,26)5/h9,20-21,23-27H,6-8,10-19,30H2,1-5H3. The van der Waals surface area contributed by atoms with E-state index < -0.39 is 0 Å². The second kappa shape index (κ2) is 10.6. The summed E-state index contributed by atoms with van der Waals surface area (Å²) in [7, 11) is 4.14. The number of hydrogen-bond acceptors (Lipinski definition) is 3. The summed E-state index contributed by atoms with van der Waals surface area (Å²) in [4.78, 5) is 0. The smallest absolute Gasteiger partial charge is 0.0189 e. The topological polar surface area (TPSA) is 26.0 Å². The quantitative estimate of drug-likeness (QED) is 0.204. The minimum absolute atomic E-state index is 0.501. The predicted octanol–water partition coefficient (Wildman–Crippen LogP) is 8.74. The third-order valence-corrected chi connectivity index (χ3v) is 13.6. The Kier molecular flexibility index (Phi) is 8.42. The van der Waals surface area contributed by atoms with Gasteiger partial charge in [0.25, 0.3) is 0 Å². The fourth-order valence-electron chi connectivity index (χ4n) is 8.93. The highest BCUT2D eigenvalue weighted by Gasteiger charge is 2.59. The van der Waals surface area contributed by atoms with E-state index in [0.717, 1.165) is 53.1 Å². The van der Waals surface area contributed by atoms with Crippen molar-refractivity contribution in [2.45, 2.75) is 110 Å². The number of allylic oxidation sites excluding steroid dienone is 2. The summed E-state index contributed by atoms with van der Waals surface area (Å²) in [5.41, 5.74) is 8.68. The predicted molar refractivity (Wildman–Crippen MR) is 146 cm³/mol. The van der Waals surface area contributed by atoms with Crippen molar-refractivity contribution < 1.29 is 0 Å². The summed E-state index contributed by atoms with van der Waals surface area (Å²) in [5.74, 6) is 6.76. The summed E-state index contributed by atoms with van der Waals surface area (Å²) in [6.07, 6.45) is 18.7. The molecule has 0 aromatic carbocycles. The molecule has 32 heavy (non-hydrogen) atoms. The molecular weight excluding hydrogens is 426 g/mol. The van der Waals surface area contributed by atoms with Crippen LogP contribution in [-0.4, -0.2) is 17.5 Å². The Morgan fingerprint density at radius 2 is 1.84 bits per heavy atom. The van der Waals surface area contributed by atoms with Gasteiger partial charge in [-0.2, -0.15) is 0 Å². The maximum atomic E-state index is 5.72. The lowest BCUT2D eigenvalue weighted by Crippen LogP contribution is -2.50. The molecule has 184 valence electrons. The lowest BCUT2D eigenvalue weighted by Gasteiger charge is -2.58. The van der Waals surface area contributed by atoms with Gasteiger partial charge < -0.3 is 5.73 Å². The Hall–Kier alpha value is 0.400. The van der Waals surface area contributed by atoms with E-state index in [1.54, 1.807) is 0 Å². The van der Waals surface area contributed by atoms with Crippen molar-refractivity contribution in [2.24, 2.45) is 52.1 Å². The number of hydrogen-bond donors (Lipinski definition) is 1. The van der Waals surface area contributed by atoms with Crippen LogP contribution in [0.4, 0.5) is 0 Å². The molecular formula is C29H51NS2. The zero-order chi connectivity index (χ0) is 22.9. The first-order valence-corrected chi connectivity index (χ1v) is 16.4. The zero-order valence-corrected chi connectivity index (χ0v) is 23.3. The van der Waals surface area contributed by atoms with Gasteiger partial charge in [-0.1, -0.05) is 87.1 Å². The van der Waals surface area contributed by atoms with Crippen LogP contribution in [0.5, 0.6) is 0 Å². The SMILES string of the molecule is CC(C)CCCC(C)C1CCC2C3CC=C4CC(SSCCN)CCC4(C)C3CCC12C. The third-order valence-electron chi connectivity index (χ3n) is 10.7. The Labute approximate surface area is 207 Å². The lowest BCUT2D eigenvalue weighted by atomic mass is 9.47. The summed E-state index contributed by atoms with van der Waals surface area (Å²) >= 11 is 0. The van der Waals surface area contributed by atoms with Gasteiger partial charge in [0.05, 0.1) is 0 Å². The average molecular weight is 478 g/mol. The van der Waals surface area contributed by atoms with Crippen molar-refractivity contribution in [3.05, 3.63) is 11.6 Å². The molecule has 8 unspecified atom stereocenters. The molecule has 0 radical (unpaired) electrons. The molecule has 4 aliphatic carbocycles. The number of nitrogens with two attached hydrogens (primary N) is 1. The first-order valence-electron chi connectivity index (χ1n) is 14.0. The molecule has 0 aromatic heterocycles. The molecule has 0 heterocycles. The fourth-order valence-corrected chi connectivity index (χ4v) is 11.4.